The zero-order valence-electron chi connectivity index (χ0n) is 8.76. The van der Waals surface area contributed by atoms with E-state index < -0.39 is 12.0 Å². The van der Waals surface area contributed by atoms with Gasteiger partial charge in [0, 0.05) is 12.1 Å². The van der Waals surface area contributed by atoms with Crippen molar-refractivity contribution in [2.45, 2.75) is 49.7 Å². The number of hydrogen-bond acceptors (Lipinski definition) is 2. The molecule has 2 bridgehead atoms. The highest BCUT2D eigenvalue weighted by atomic mass is 19.3. The molecule has 14 heavy (non-hydrogen) atoms. The summed E-state index contributed by atoms with van der Waals surface area (Å²) in [6, 6.07) is 0.713. The Balaban J connectivity index is 2.17. The molecule has 1 N–H and O–H groups in total. The van der Waals surface area contributed by atoms with Gasteiger partial charge in [-0.1, -0.05) is 0 Å². The van der Waals surface area contributed by atoms with Gasteiger partial charge in [-0.25, -0.2) is 8.78 Å². The van der Waals surface area contributed by atoms with E-state index in [0.29, 0.717) is 24.9 Å². The van der Waals surface area contributed by atoms with Gasteiger partial charge in [-0.3, -0.25) is 0 Å². The highest BCUT2D eigenvalue weighted by molar-refractivity contribution is 5.05. The van der Waals surface area contributed by atoms with E-state index in [2.05, 4.69) is 17.3 Å². The van der Waals surface area contributed by atoms with E-state index in [1.54, 1.807) is 7.05 Å². The molecule has 2 saturated heterocycles. The van der Waals surface area contributed by atoms with Gasteiger partial charge < -0.3 is 10.2 Å². The van der Waals surface area contributed by atoms with Crippen molar-refractivity contribution in [3.8, 4) is 0 Å². The number of halogens is 2. The Bertz CT molecular complexity index is 206. The molecule has 82 valence electrons. The molecule has 0 spiro atoms. The Hall–Kier alpha value is -0.220. The minimum atomic E-state index is -2.25. The molecule has 2 aliphatic rings. The summed E-state index contributed by atoms with van der Waals surface area (Å²) in [6.07, 6.45) is 1.10. The van der Waals surface area contributed by atoms with E-state index in [0.717, 1.165) is 12.8 Å². The summed E-state index contributed by atoms with van der Waals surface area (Å²) in [5.74, 6) is 0. The van der Waals surface area contributed by atoms with Gasteiger partial charge in [0.15, 0.2) is 0 Å². The lowest BCUT2D eigenvalue weighted by Crippen LogP contribution is -2.59. The van der Waals surface area contributed by atoms with Crippen LogP contribution in [0.4, 0.5) is 8.78 Å². The van der Waals surface area contributed by atoms with Gasteiger partial charge in [0.25, 0.3) is 6.43 Å². The summed E-state index contributed by atoms with van der Waals surface area (Å²) >= 11 is 0. The van der Waals surface area contributed by atoms with E-state index in [4.69, 9.17) is 0 Å². The molecular weight excluding hydrogens is 186 g/mol. The predicted molar refractivity (Wildman–Crippen MR) is 51.6 cm³/mol. The molecule has 2 atom stereocenters. The quantitative estimate of drug-likeness (QED) is 0.732. The van der Waals surface area contributed by atoms with Crippen molar-refractivity contribution in [1.29, 1.82) is 0 Å². The van der Waals surface area contributed by atoms with E-state index >= 15 is 0 Å². The summed E-state index contributed by atoms with van der Waals surface area (Å²) < 4.78 is 26.0. The van der Waals surface area contributed by atoms with Crippen molar-refractivity contribution in [2.24, 2.45) is 0 Å². The lowest BCUT2D eigenvalue weighted by molar-refractivity contribution is -0.0250. The summed E-state index contributed by atoms with van der Waals surface area (Å²) in [5.41, 5.74) is -0.918. The van der Waals surface area contributed by atoms with Crippen molar-refractivity contribution in [3.63, 3.8) is 0 Å². The van der Waals surface area contributed by atoms with Gasteiger partial charge in [-0.2, -0.15) is 0 Å². The SMILES string of the molecule is CNC1(C(F)F)CC2CCC(C1)N2C. The molecule has 0 saturated carbocycles. The van der Waals surface area contributed by atoms with Crippen molar-refractivity contribution in [2.75, 3.05) is 14.1 Å². The number of nitrogens with zero attached hydrogens (tertiary/aromatic N) is 1. The lowest BCUT2D eigenvalue weighted by Gasteiger charge is -2.44. The molecule has 0 aromatic rings. The highest BCUT2D eigenvalue weighted by Gasteiger charge is 2.50. The molecule has 2 heterocycles. The Morgan fingerprint density at radius 2 is 1.79 bits per heavy atom. The first kappa shape index (κ1) is 10.3. The number of piperidine rings is 1. The third-order valence-corrected chi connectivity index (χ3v) is 4.10. The molecule has 0 radical (unpaired) electrons. The largest absolute Gasteiger partial charge is 0.309 e. The summed E-state index contributed by atoms with van der Waals surface area (Å²) in [5, 5.41) is 2.86. The second-order valence-corrected chi connectivity index (χ2v) is 4.67. The summed E-state index contributed by atoms with van der Waals surface area (Å²) in [4.78, 5) is 2.28. The van der Waals surface area contributed by atoms with Crippen LogP contribution in [0.2, 0.25) is 0 Å². The average Bonchev–Trinajstić information content (AvgIpc) is 2.42. The zero-order valence-corrected chi connectivity index (χ0v) is 8.76. The van der Waals surface area contributed by atoms with Crippen molar-refractivity contribution in [3.05, 3.63) is 0 Å². The first-order chi connectivity index (χ1) is 6.59. The Morgan fingerprint density at radius 3 is 2.14 bits per heavy atom. The van der Waals surface area contributed by atoms with Gasteiger partial charge in [0.05, 0.1) is 5.54 Å². The number of rotatable bonds is 2. The Kier molecular flexibility index (Phi) is 2.52. The topological polar surface area (TPSA) is 15.3 Å². The molecule has 2 nitrogen and oxygen atoms in total. The van der Waals surface area contributed by atoms with E-state index in [-0.39, 0.29) is 0 Å². The normalized spacial score (nSPS) is 43.5. The standard InChI is InChI=1S/C10H18F2N2/c1-13-10(9(11)12)5-7-3-4-8(6-10)14(7)2/h7-9,13H,3-6H2,1-2H3. The molecule has 2 unspecified atom stereocenters. The van der Waals surface area contributed by atoms with Crippen LogP contribution in [0.1, 0.15) is 25.7 Å². The second kappa shape index (κ2) is 3.42. The molecule has 0 amide bonds. The summed E-state index contributed by atoms with van der Waals surface area (Å²) in [6.45, 7) is 0. The lowest BCUT2D eigenvalue weighted by atomic mass is 9.83. The van der Waals surface area contributed by atoms with Gasteiger partial charge in [-0.15, -0.1) is 0 Å². The van der Waals surface area contributed by atoms with Crippen LogP contribution >= 0.6 is 0 Å². The van der Waals surface area contributed by atoms with Crippen LogP contribution in [0.5, 0.6) is 0 Å². The molecule has 2 aliphatic heterocycles. The number of nitrogens with one attached hydrogen (secondary N) is 1. The van der Waals surface area contributed by atoms with Gasteiger partial charge >= 0.3 is 0 Å². The molecule has 2 fully saturated rings. The van der Waals surface area contributed by atoms with Gasteiger partial charge in [0.1, 0.15) is 0 Å². The van der Waals surface area contributed by atoms with Crippen LogP contribution in [0, 0.1) is 0 Å². The molecule has 0 aliphatic carbocycles. The maximum Gasteiger partial charge on any atom is 0.256 e. The first-order valence-electron chi connectivity index (χ1n) is 5.28. The zero-order chi connectivity index (χ0) is 10.3. The third kappa shape index (κ3) is 1.36. The highest BCUT2D eigenvalue weighted by Crippen LogP contribution is 2.42. The van der Waals surface area contributed by atoms with Crippen LogP contribution in [0.25, 0.3) is 0 Å². The van der Waals surface area contributed by atoms with E-state index in [9.17, 15) is 8.78 Å². The monoisotopic (exact) mass is 204 g/mol. The summed E-state index contributed by atoms with van der Waals surface area (Å²) in [7, 11) is 3.73. The van der Waals surface area contributed by atoms with Crippen molar-refractivity contribution >= 4 is 0 Å². The fraction of sp³-hybridized carbons (Fsp3) is 1.00. The number of hydrogen-bond donors (Lipinski definition) is 1. The minimum absolute atomic E-state index is 0.357. The minimum Gasteiger partial charge on any atom is -0.309 e. The molecular formula is C10H18F2N2. The van der Waals surface area contributed by atoms with Crippen LogP contribution in [-0.2, 0) is 0 Å². The molecule has 0 aromatic heterocycles. The smallest absolute Gasteiger partial charge is 0.256 e. The van der Waals surface area contributed by atoms with Crippen LogP contribution in [0.3, 0.4) is 0 Å². The fourth-order valence-corrected chi connectivity index (χ4v) is 3.00. The van der Waals surface area contributed by atoms with Crippen molar-refractivity contribution < 1.29 is 8.78 Å². The predicted octanol–water partition coefficient (Wildman–Crippen LogP) is 1.47. The average molecular weight is 204 g/mol. The first-order valence-corrected chi connectivity index (χ1v) is 5.28. The number of alkyl halides is 2. The fourth-order valence-electron chi connectivity index (χ4n) is 3.00. The van der Waals surface area contributed by atoms with Gasteiger partial charge in [-0.05, 0) is 39.8 Å². The maximum absolute atomic E-state index is 13.0. The Labute approximate surface area is 83.7 Å². The van der Waals surface area contributed by atoms with E-state index in [1.165, 1.54) is 0 Å². The second-order valence-electron chi connectivity index (χ2n) is 4.67. The van der Waals surface area contributed by atoms with Gasteiger partial charge in [0.2, 0.25) is 0 Å². The third-order valence-electron chi connectivity index (χ3n) is 4.10. The van der Waals surface area contributed by atoms with E-state index in [1.807, 2.05) is 0 Å². The van der Waals surface area contributed by atoms with Crippen LogP contribution in [0.15, 0.2) is 0 Å². The van der Waals surface area contributed by atoms with Crippen LogP contribution < -0.4 is 5.32 Å². The Morgan fingerprint density at radius 1 is 1.29 bits per heavy atom. The molecule has 0 aromatic carbocycles. The molecule has 4 heteroatoms. The van der Waals surface area contributed by atoms with Crippen molar-refractivity contribution in [1.82, 2.24) is 10.2 Å². The van der Waals surface area contributed by atoms with Crippen LogP contribution in [-0.4, -0.2) is 43.0 Å². The number of fused-ring (bicyclic) bond motifs is 2. The molecule has 2 rings (SSSR count). The maximum atomic E-state index is 13.0.